The smallest absolute Gasteiger partial charge is 0.321 e. The van der Waals surface area contributed by atoms with Gasteiger partial charge >= 0.3 is 11.9 Å². The summed E-state index contributed by atoms with van der Waals surface area (Å²) < 4.78 is 11.2. The van der Waals surface area contributed by atoms with Crippen molar-refractivity contribution in [3.63, 3.8) is 0 Å². The molecule has 1 aliphatic carbocycles. The second kappa shape index (κ2) is 22.6. The van der Waals surface area contributed by atoms with Crippen molar-refractivity contribution in [3.05, 3.63) is 103 Å². The van der Waals surface area contributed by atoms with Crippen LogP contribution in [0.1, 0.15) is 153 Å². The van der Waals surface area contributed by atoms with Crippen LogP contribution in [0.4, 0.5) is 0 Å². The van der Waals surface area contributed by atoms with Crippen molar-refractivity contribution in [2.24, 2.45) is 50.5 Å². The predicted molar refractivity (Wildman–Crippen MR) is 275 cm³/mol. The molecule has 0 spiro atoms. The van der Waals surface area contributed by atoms with Crippen LogP contribution in [0.3, 0.4) is 0 Å². The summed E-state index contributed by atoms with van der Waals surface area (Å²) in [5, 5.41) is 15.9. The van der Waals surface area contributed by atoms with Gasteiger partial charge < -0.3 is 19.9 Å². The van der Waals surface area contributed by atoms with Crippen molar-refractivity contribution in [2.75, 3.05) is 20.0 Å². The topological polar surface area (TPSA) is 122 Å². The monoisotopic (exact) mass is 919 g/mol. The minimum absolute atomic E-state index is 0.0745. The van der Waals surface area contributed by atoms with Gasteiger partial charge in [-0.3, -0.25) is 9.59 Å². The van der Waals surface area contributed by atoms with E-state index >= 15 is 0 Å². The third kappa shape index (κ3) is 11.3. The Balaban J connectivity index is 1.22. The van der Waals surface area contributed by atoms with Gasteiger partial charge in [0, 0.05) is 46.0 Å². The highest BCUT2D eigenvalue weighted by Crippen LogP contribution is 2.49. The molecule has 66 heavy (non-hydrogen) atoms. The number of esters is 2. The molecular formula is C56H78N4O5S. The third-order valence-electron chi connectivity index (χ3n) is 14.9. The average Bonchev–Trinajstić information content (AvgIpc) is 4.02. The maximum atomic E-state index is 13.7. The summed E-state index contributed by atoms with van der Waals surface area (Å²) in [7, 11) is 1.34. The molecule has 2 N–H and O–H groups in total. The number of allylic oxidation sites excluding steroid dienone is 12. The largest absolute Gasteiger partial charge is 0.510 e. The van der Waals surface area contributed by atoms with Crippen LogP contribution < -0.4 is 5.32 Å². The number of methoxy groups -OCH3 is 1. The Kier molecular flexibility index (Phi) is 17.4. The molecule has 10 heteroatoms. The number of fused-ring (bicyclic) bond motifs is 5. The van der Waals surface area contributed by atoms with Crippen molar-refractivity contribution < 1.29 is 24.2 Å². The SMILES string of the molecule is CCC1=C(C)C2=NC1=CC1=C(C)C3=C(O)C(C(=O)OC)C(=C4NC(=CC5=NC(=C2)C(C(C)SC)=C5C)[C@@H](C)[C@@H]4CCC(=O)OC/C=C(\C)CCC[C@H](C)CCC[C@H](C)CCCC(C)C)C3=N1. The fourth-order valence-corrected chi connectivity index (χ4v) is 11.1. The lowest BCUT2D eigenvalue weighted by molar-refractivity contribution is -0.144. The normalized spacial score (nSPS) is 23.0. The van der Waals surface area contributed by atoms with E-state index < -0.39 is 11.9 Å². The van der Waals surface area contributed by atoms with Crippen LogP contribution in [0.5, 0.6) is 0 Å². The van der Waals surface area contributed by atoms with Gasteiger partial charge in [0.25, 0.3) is 0 Å². The zero-order valence-electron chi connectivity index (χ0n) is 42.4. The molecular weight excluding hydrogens is 841 g/mol. The van der Waals surface area contributed by atoms with Gasteiger partial charge in [-0.05, 0) is 136 Å². The Labute approximate surface area is 400 Å². The number of aliphatic hydroxyl groups is 1. The highest BCUT2D eigenvalue weighted by atomic mass is 32.2. The Morgan fingerprint density at radius 3 is 2.17 bits per heavy atom. The highest BCUT2D eigenvalue weighted by Gasteiger charge is 2.49. The number of hydrogen-bond donors (Lipinski definition) is 2. The number of carbonyl (C=O) groups excluding carboxylic acids is 2. The molecule has 9 nitrogen and oxygen atoms in total. The maximum absolute atomic E-state index is 13.7. The van der Waals surface area contributed by atoms with E-state index in [0.29, 0.717) is 29.0 Å². The first kappa shape index (κ1) is 51.0. The lowest BCUT2D eigenvalue weighted by Gasteiger charge is -2.20. The molecule has 0 aromatic rings. The summed E-state index contributed by atoms with van der Waals surface area (Å²) >= 11 is 1.79. The second-order valence-corrected chi connectivity index (χ2v) is 21.4. The van der Waals surface area contributed by atoms with Gasteiger partial charge in [0.05, 0.1) is 41.3 Å². The molecule has 6 rings (SSSR count). The second-order valence-electron chi connectivity index (χ2n) is 20.2. The fraction of sp³-hybridized carbons (Fsp3) is 0.589. The number of hydrogen-bond acceptors (Lipinski definition) is 10. The number of rotatable bonds is 21. The van der Waals surface area contributed by atoms with Gasteiger partial charge in [-0.2, -0.15) is 11.8 Å². The van der Waals surface area contributed by atoms with Crippen LogP contribution >= 0.6 is 11.8 Å². The molecule has 8 bridgehead atoms. The number of aliphatic imine (C=N–C) groups is 3. The van der Waals surface area contributed by atoms with Gasteiger partial charge in [0.1, 0.15) is 18.3 Å². The molecule has 358 valence electrons. The van der Waals surface area contributed by atoms with Crippen molar-refractivity contribution >= 4 is 40.8 Å². The number of aliphatic hydroxyl groups excluding tert-OH is 1. The number of nitrogens with one attached hydrogen (secondary N) is 1. The highest BCUT2D eigenvalue weighted by molar-refractivity contribution is 7.99. The standard InChI is InChI=1S/C56H78N4O5S/c1-14-40-35(7)42-30-47-49(39(11)66-13)37(9)44(58-47)28-43-36(8)41(53(59-43)51-52(56(63)64-12)55(62)50-38(10)45(60-54(50)51)29-46(40)57-42)24-25-48(61)65-27-26-34(6)23-17-22-33(5)21-16-20-32(4)19-15-18-31(2)3/h26,28-33,36,39,41,52,59,62H,14-25,27H2,1-13H3/b34-26+,43-28?,46-29?,47-30?,53-51?/t32-,33-,36+,39?,41+,52?/m1/s1. The van der Waals surface area contributed by atoms with Gasteiger partial charge in [-0.25, -0.2) is 15.0 Å². The minimum Gasteiger partial charge on any atom is -0.510 e. The molecule has 5 aliphatic heterocycles. The van der Waals surface area contributed by atoms with Crippen molar-refractivity contribution in [1.82, 2.24) is 5.32 Å². The molecule has 0 amide bonds. The molecule has 5 heterocycles. The summed E-state index contributed by atoms with van der Waals surface area (Å²) in [6, 6.07) is 0. The number of carbonyl (C=O) groups is 2. The van der Waals surface area contributed by atoms with Gasteiger partial charge in [-0.15, -0.1) is 0 Å². The summed E-state index contributed by atoms with van der Waals surface area (Å²) in [6.07, 6.45) is 23.2. The zero-order chi connectivity index (χ0) is 48.0. The van der Waals surface area contributed by atoms with Gasteiger partial charge in [-0.1, -0.05) is 92.1 Å². The third-order valence-corrected chi connectivity index (χ3v) is 15.8. The Morgan fingerprint density at radius 1 is 0.864 bits per heavy atom. The molecule has 6 atom stereocenters. The van der Waals surface area contributed by atoms with Crippen LogP contribution in [0.25, 0.3) is 0 Å². The van der Waals surface area contributed by atoms with Crippen LogP contribution in [-0.2, 0) is 19.1 Å². The molecule has 1 saturated heterocycles. The fourth-order valence-electron chi connectivity index (χ4n) is 10.6. The molecule has 0 saturated carbocycles. The van der Waals surface area contributed by atoms with Gasteiger partial charge in [0.2, 0.25) is 0 Å². The van der Waals surface area contributed by atoms with Crippen molar-refractivity contribution in [1.29, 1.82) is 0 Å². The van der Waals surface area contributed by atoms with E-state index in [-0.39, 0.29) is 41.8 Å². The lowest BCUT2D eigenvalue weighted by Crippen LogP contribution is -2.25. The van der Waals surface area contributed by atoms with E-state index in [1.165, 1.54) is 63.2 Å². The van der Waals surface area contributed by atoms with E-state index in [1.807, 2.05) is 19.1 Å². The summed E-state index contributed by atoms with van der Waals surface area (Å²) in [6.45, 7) is 24.5. The first-order valence-corrected chi connectivity index (χ1v) is 26.2. The van der Waals surface area contributed by atoms with Crippen LogP contribution in [-0.4, -0.2) is 59.4 Å². The van der Waals surface area contributed by atoms with E-state index in [9.17, 15) is 14.7 Å². The maximum Gasteiger partial charge on any atom is 0.321 e. The quantitative estimate of drug-likeness (QED) is 0.0868. The summed E-state index contributed by atoms with van der Waals surface area (Å²) in [4.78, 5) is 42.8. The Morgan fingerprint density at radius 2 is 1.52 bits per heavy atom. The summed E-state index contributed by atoms with van der Waals surface area (Å²) in [5.41, 5.74) is 14.1. The summed E-state index contributed by atoms with van der Waals surface area (Å²) in [5.74, 6) is 0.0424. The molecule has 0 aromatic carbocycles. The Bertz CT molecular complexity index is 2320. The number of nitrogens with zero attached hydrogens (tertiary/aromatic N) is 3. The van der Waals surface area contributed by atoms with E-state index in [1.54, 1.807) is 11.8 Å². The molecule has 6 aliphatic rings. The molecule has 0 radical (unpaired) electrons. The van der Waals surface area contributed by atoms with Crippen LogP contribution in [0, 0.1) is 35.5 Å². The van der Waals surface area contributed by atoms with Gasteiger partial charge in [0.15, 0.2) is 0 Å². The minimum atomic E-state index is -1.07. The molecule has 2 unspecified atom stereocenters. The van der Waals surface area contributed by atoms with Crippen LogP contribution in [0.2, 0.25) is 0 Å². The molecule has 1 fully saturated rings. The average molecular weight is 919 g/mol. The van der Waals surface area contributed by atoms with Crippen molar-refractivity contribution in [2.45, 2.75) is 158 Å². The van der Waals surface area contributed by atoms with E-state index in [4.69, 9.17) is 24.5 Å². The van der Waals surface area contributed by atoms with E-state index in [2.05, 4.69) is 93.0 Å². The predicted octanol–water partition coefficient (Wildman–Crippen LogP) is 13.5. The number of ether oxygens (including phenoxy) is 2. The lowest BCUT2D eigenvalue weighted by atomic mass is 9.84. The van der Waals surface area contributed by atoms with E-state index in [0.717, 1.165) is 93.5 Å². The Hall–Kier alpha value is -4.44. The van der Waals surface area contributed by atoms with Crippen molar-refractivity contribution in [3.8, 4) is 0 Å². The molecule has 0 aromatic heterocycles. The number of thioether (sulfide) groups is 1. The first-order chi connectivity index (χ1) is 31.5. The zero-order valence-corrected chi connectivity index (χ0v) is 43.2. The first-order valence-electron chi connectivity index (χ1n) is 24.9. The van der Waals surface area contributed by atoms with Crippen LogP contribution in [0.15, 0.2) is 118 Å².